The summed E-state index contributed by atoms with van der Waals surface area (Å²) in [5, 5.41) is 0. The number of benzene rings is 5. The summed E-state index contributed by atoms with van der Waals surface area (Å²) >= 11 is 0. The summed E-state index contributed by atoms with van der Waals surface area (Å²) in [5.74, 6) is 0.506. The van der Waals surface area contributed by atoms with Gasteiger partial charge in [-0.3, -0.25) is 15.0 Å². The van der Waals surface area contributed by atoms with Gasteiger partial charge < -0.3 is 9.80 Å². The van der Waals surface area contributed by atoms with E-state index in [4.69, 9.17) is 0 Å². The molecule has 0 atom stereocenters. The first-order chi connectivity index (χ1) is 28.3. The fourth-order valence-corrected chi connectivity index (χ4v) is 9.60. The number of fused-ring (bicyclic) bond motifs is 4. The van der Waals surface area contributed by atoms with E-state index in [1.54, 1.807) is 0 Å². The number of aromatic nitrogens is 3. The summed E-state index contributed by atoms with van der Waals surface area (Å²) in [6.07, 6.45) is 17.7. The van der Waals surface area contributed by atoms with Gasteiger partial charge in [0.1, 0.15) is 0 Å². The quantitative estimate of drug-likeness (QED) is 0.159. The lowest BCUT2D eigenvalue weighted by atomic mass is 9.33. The van der Waals surface area contributed by atoms with Crippen LogP contribution >= 0.6 is 0 Å². The third-order valence-electron chi connectivity index (χ3n) is 12.3. The number of rotatable bonds is 6. The van der Waals surface area contributed by atoms with Crippen molar-refractivity contribution in [3.8, 4) is 33.4 Å². The van der Waals surface area contributed by atoms with E-state index in [0.29, 0.717) is 5.92 Å². The molecule has 5 heterocycles. The van der Waals surface area contributed by atoms with Crippen LogP contribution in [0.15, 0.2) is 177 Å². The van der Waals surface area contributed by atoms with Gasteiger partial charge in [0.2, 0.25) is 0 Å². The first-order valence-corrected chi connectivity index (χ1v) is 20.2. The van der Waals surface area contributed by atoms with Gasteiger partial charge in [0, 0.05) is 88.0 Å². The van der Waals surface area contributed by atoms with Gasteiger partial charge in [-0.2, -0.15) is 0 Å². The molecule has 1 saturated carbocycles. The van der Waals surface area contributed by atoms with Crippen LogP contribution in [-0.4, -0.2) is 21.7 Å². The highest BCUT2D eigenvalue weighted by Gasteiger charge is 2.44. The fraction of sp³-hybridized carbons (Fsp3) is 0.118. The Labute approximate surface area is 334 Å². The lowest BCUT2D eigenvalue weighted by Gasteiger charge is -2.45. The maximum absolute atomic E-state index is 4.52. The minimum absolute atomic E-state index is 0.0176. The Morgan fingerprint density at radius 3 is 1.47 bits per heavy atom. The second-order valence-corrected chi connectivity index (χ2v) is 15.6. The molecular weight excluding hydrogens is 693 g/mol. The molecule has 8 aromatic rings. The number of pyridine rings is 3. The Bertz CT molecular complexity index is 2730. The zero-order chi connectivity index (χ0) is 37.7. The van der Waals surface area contributed by atoms with E-state index >= 15 is 0 Å². The van der Waals surface area contributed by atoms with Gasteiger partial charge in [-0.25, -0.2) is 0 Å². The van der Waals surface area contributed by atoms with E-state index in [1.807, 2.05) is 55.4 Å². The molecule has 272 valence electrons. The molecule has 57 heavy (non-hydrogen) atoms. The predicted octanol–water partition coefficient (Wildman–Crippen LogP) is 11.0. The Morgan fingerprint density at radius 2 is 0.930 bits per heavy atom. The normalized spacial score (nSPS) is 14.5. The molecule has 0 unspecified atom stereocenters. The van der Waals surface area contributed by atoms with Crippen molar-refractivity contribution in [3.63, 3.8) is 0 Å². The SMILES string of the molecule is c1ccc(N2c3cc(-c4cccnc4)ccc3B3c4ccc(-c5cccnc5)cc4N(c4cccc(-c5cccnc5)c4)c4cc(C5CCCCC5)cc2c43)cc1. The van der Waals surface area contributed by atoms with Crippen LogP contribution in [0, 0.1) is 0 Å². The van der Waals surface area contributed by atoms with Crippen LogP contribution < -0.4 is 26.2 Å². The Balaban J connectivity index is 1.22. The van der Waals surface area contributed by atoms with Crippen molar-refractivity contribution in [2.24, 2.45) is 0 Å². The van der Waals surface area contributed by atoms with Crippen LogP contribution in [0.2, 0.25) is 0 Å². The second-order valence-electron chi connectivity index (χ2n) is 15.6. The van der Waals surface area contributed by atoms with Gasteiger partial charge in [0.25, 0.3) is 6.71 Å². The molecule has 0 spiro atoms. The van der Waals surface area contributed by atoms with Crippen LogP contribution in [-0.2, 0) is 0 Å². The summed E-state index contributed by atoms with van der Waals surface area (Å²) in [7, 11) is 0. The summed E-state index contributed by atoms with van der Waals surface area (Å²) in [6, 6.07) is 51.7. The topological polar surface area (TPSA) is 45.2 Å². The van der Waals surface area contributed by atoms with E-state index in [0.717, 1.165) is 44.8 Å². The van der Waals surface area contributed by atoms with Crippen LogP contribution in [0.1, 0.15) is 43.6 Å². The van der Waals surface area contributed by atoms with Gasteiger partial charge in [0.05, 0.1) is 0 Å². The molecule has 0 bridgehead atoms. The van der Waals surface area contributed by atoms with Crippen molar-refractivity contribution >= 4 is 57.2 Å². The molecule has 6 heteroatoms. The highest BCUT2D eigenvalue weighted by Crippen LogP contribution is 2.48. The number of para-hydroxylation sites is 1. The standard InChI is InChI=1S/C51H40BN5/c1-3-11-35(12-4-1)42-30-49-51-50(31-42)57(44-19-7-13-36(27-44)39-14-8-24-53-32-39)48-29-38(41-16-10-26-55-34-41)21-23-46(48)52(51)45-22-20-37(40-15-9-25-54-33-40)28-47(45)56(49)43-17-5-2-6-18-43/h2,5-10,13-35H,1,3-4,11-12H2. The molecule has 11 rings (SSSR count). The molecule has 0 radical (unpaired) electrons. The third kappa shape index (κ3) is 5.83. The smallest absolute Gasteiger partial charge is 0.252 e. The highest BCUT2D eigenvalue weighted by atomic mass is 15.2. The third-order valence-corrected chi connectivity index (χ3v) is 12.3. The Hall–Kier alpha value is -6.79. The lowest BCUT2D eigenvalue weighted by molar-refractivity contribution is 0.444. The molecule has 1 fully saturated rings. The first kappa shape index (κ1) is 33.5. The molecule has 5 aromatic carbocycles. The van der Waals surface area contributed by atoms with Crippen molar-refractivity contribution in [2.45, 2.75) is 38.0 Å². The van der Waals surface area contributed by atoms with Crippen molar-refractivity contribution in [1.29, 1.82) is 0 Å². The molecule has 2 aliphatic heterocycles. The first-order valence-electron chi connectivity index (χ1n) is 20.2. The minimum atomic E-state index is 0.0176. The van der Waals surface area contributed by atoms with Crippen LogP contribution in [0.4, 0.5) is 34.1 Å². The summed E-state index contributed by atoms with van der Waals surface area (Å²) in [6.45, 7) is 0.0176. The molecule has 0 saturated heterocycles. The van der Waals surface area contributed by atoms with Crippen molar-refractivity contribution < 1.29 is 0 Å². The highest BCUT2D eigenvalue weighted by molar-refractivity contribution is 7.00. The van der Waals surface area contributed by atoms with E-state index in [-0.39, 0.29) is 6.71 Å². The average molecular weight is 734 g/mol. The van der Waals surface area contributed by atoms with Crippen molar-refractivity contribution in [1.82, 2.24) is 15.0 Å². The molecule has 0 N–H and O–H groups in total. The van der Waals surface area contributed by atoms with Crippen molar-refractivity contribution in [3.05, 3.63) is 182 Å². The zero-order valence-electron chi connectivity index (χ0n) is 31.7. The molecule has 1 aliphatic carbocycles. The molecule has 3 aliphatic rings. The maximum Gasteiger partial charge on any atom is 0.252 e. The molecular formula is C51H40BN5. The minimum Gasteiger partial charge on any atom is -0.311 e. The number of hydrogen-bond donors (Lipinski definition) is 0. The lowest BCUT2D eigenvalue weighted by Crippen LogP contribution is -2.61. The predicted molar refractivity (Wildman–Crippen MR) is 236 cm³/mol. The Morgan fingerprint density at radius 1 is 0.421 bits per heavy atom. The summed E-state index contributed by atoms with van der Waals surface area (Å²) in [5.41, 5.74) is 19.3. The van der Waals surface area contributed by atoms with Crippen LogP contribution in [0.25, 0.3) is 33.4 Å². The van der Waals surface area contributed by atoms with Gasteiger partial charge in [-0.1, -0.05) is 92.1 Å². The monoisotopic (exact) mass is 733 g/mol. The summed E-state index contributed by atoms with van der Waals surface area (Å²) in [4.78, 5) is 18.6. The number of nitrogens with zero attached hydrogens (tertiary/aromatic N) is 5. The van der Waals surface area contributed by atoms with E-state index < -0.39 is 0 Å². The maximum atomic E-state index is 4.52. The number of anilines is 6. The Kier molecular flexibility index (Phi) is 8.27. The molecule has 0 amide bonds. The van der Waals surface area contributed by atoms with E-state index in [2.05, 4.69) is 146 Å². The average Bonchev–Trinajstić information content (AvgIpc) is 3.30. The molecule has 3 aromatic heterocycles. The van der Waals surface area contributed by atoms with E-state index in [9.17, 15) is 0 Å². The van der Waals surface area contributed by atoms with Gasteiger partial charge in [-0.05, 0) is 124 Å². The second kappa shape index (κ2) is 14.1. The fourth-order valence-electron chi connectivity index (χ4n) is 9.60. The summed E-state index contributed by atoms with van der Waals surface area (Å²) < 4.78 is 0. The van der Waals surface area contributed by atoms with Gasteiger partial charge >= 0.3 is 0 Å². The molecule has 5 nitrogen and oxygen atoms in total. The van der Waals surface area contributed by atoms with Gasteiger partial charge in [-0.15, -0.1) is 0 Å². The van der Waals surface area contributed by atoms with Crippen molar-refractivity contribution in [2.75, 3.05) is 9.80 Å². The number of hydrogen-bond acceptors (Lipinski definition) is 5. The van der Waals surface area contributed by atoms with Gasteiger partial charge in [0.15, 0.2) is 0 Å². The zero-order valence-corrected chi connectivity index (χ0v) is 31.7. The van der Waals surface area contributed by atoms with E-state index in [1.165, 1.54) is 76.8 Å². The largest absolute Gasteiger partial charge is 0.311 e. The van der Waals surface area contributed by atoms with Crippen LogP contribution in [0.3, 0.4) is 0 Å². The van der Waals surface area contributed by atoms with Crippen LogP contribution in [0.5, 0.6) is 0 Å².